The van der Waals surface area contributed by atoms with Gasteiger partial charge in [0.2, 0.25) is 0 Å². The number of benzene rings is 1. The number of hydrogen-bond acceptors (Lipinski definition) is 1. The third-order valence-corrected chi connectivity index (χ3v) is 4.50. The molecular formula is C16H23Cl2N. The zero-order chi connectivity index (χ0) is 13.7. The molecule has 106 valence electrons. The first kappa shape index (κ1) is 15.2. The second-order valence-corrected chi connectivity index (χ2v) is 6.54. The largest absolute Gasteiger partial charge is 0.310 e. The fraction of sp³-hybridized carbons (Fsp3) is 0.625. The summed E-state index contributed by atoms with van der Waals surface area (Å²) in [6.45, 7) is 3.15. The molecule has 0 atom stereocenters. The van der Waals surface area contributed by atoms with Crippen molar-refractivity contribution in [1.29, 1.82) is 0 Å². The van der Waals surface area contributed by atoms with Crippen molar-refractivity contribution < 1.29 is 0 Å². The topological polar surface area (TPSA) is 12.0 Å². The fourth-order valence-corrected chi connectivity index (χ4v) is 3.61. The van der Waals surface area contributed by atoms with Crippen LogP contribution in [0.5, 0.6) is 0 Å². The number of hydrogen-bond donors (Lipinski definition) is 1. The molecule has 1 N–H and O–H groups in total. The van der Waals surface area contributed by atoms with E-state index in [1.807, 2.05) is 12.1 Å². The Morgan fingerprint density at radius 1 is 1.05 bits per heavy atom. The van der Waals surface area contributed by atoms with Gasteiger partial charge in [-0.1, -0.05) is 43.0 Å². The lowest BCUT2D eigenvalue weighted by Gasteiger charge is -2.29. The van der Waals surface area contributed by atoms with Crippen LogP contribution in [0.25, 0.3) is 0 Å². The summed E-state index contributed by atoms with van der Waals surface area (Å²) in [5.74, 6) is 0.962. The Hall–Kier alpha value is -0.240. The van der Waals surface area contributed by atoms with Gasteiger partial charge >= 0.3 is 0 Å². The molecule has 2 rings (SSSR count). The van der Waals surface area contributed by atoms with E-state index in [2.05, 4.69) is 12.2 Å². The van der Waals surface area contributed by atoms with Gasteiger partial charge in [0.15, 0.2) is 0 Å². The highest BCUT2D eigenvalue weighted by Crippen LogP contribution is 2.28. The first-order chi connectivity index (χ1) is 9.17. The van der Waals surface area contributed by atoms with E-state index in [0.717, 1.165) is 22.5 Å². The van der Waals surface area contributed by atoms with E-state index in [1.165, 1.54) is 44.1 Å². The van der Waals surface area contributed by atoms with E-state index in [9.17, 15) is 0 Å². The lowest BCUT2D eigenvalue weighted by Crippen LogP contribution is -2.32. The number of halogens is 2. The molecule has 1 aromatic rings. The molecule has 1 nitrogen and oxygen atoms in total. The van der Waals surface area contributed by atoms with Gasteiger partial charge in [0.1, 0.15) is 0 Å². The predicted octanol–water partition coefficient (Wildman–Crippen LogP) is 5.44. The van der Waals surface area contributed by atoms with Crippen molar-refractivity contribution in [3.63, 3.8) is 0 Å². The van der Waals surface area contributed by atoms with Crippen LogP contribution in [0.4, 0.5) is 0 Å². The van der Waals surface area contributed by atoms with Crippen molar-refractivity contribution in [2.24, 2.45) is 5.92 Å². The van der Waals surface area contributed by atoms with Crippen LogP contribution in [-0.2, 0) is 6.54 Å². The minimum Gasteiger partial charge on any atom is -0.310 e. The molecule has 0 aliphatic heterocycles. The normalized spacial score (nSPS) is 23.5. The molecule has 0 bridgehead atoms. The Morgan fingerprint density at radius 2 is 1.68 bits per heavy atom. The predicted molar refractivity (Wildman–Crippen MR) is 84.0 cm³/mol. The van der Waals surface area contributed by atoms with E-state index in [0.29, 0.717) is 6.04 Å². The van der Waals surface area contributed by atoms with Gasteiger partial charge in [0, 0.05) is 22.6 Å². The molecular weight excluding hydrogens is 277 g/mol. The standard InChI is InChI=1S/C16H23Cl2N/c1-2-3-12-4-6-16(7-5-12)19-11-13-8-14(17)10-15(18)9-13/h8-10,12,16,19H,2-7,11H2,1H3. The maximum Gasteiger partial charge on any atom is 0.0424 e. The molecule has 0 spiro atoms. The van der Waals surface area contributed by atoms with Crippen LogP contribution >= 0.6 is 23.2 Å². The summed E-state index contributed by atoms with van der Waals surface area (Å²) in [6.07, 6.45) is 8.09. The smallest absolute Gasteiger partial charge is 0.0424 e. The fourth-order valence-electron chi connectivity index (χ4n) is 3.04. The molecule has 0 aromatic heterocycles. The second-order valence-electron chi connectivity index (χ2n) is 5.66. The molecule has 1 aliphatic rings. The molecule has 1 aliphatic carbocycles. The minimum absolute atomic E-state index is 0.658. The van der Waals surface area contributed by atoms with Crippen molar-refractivity contribution in [1.82, 2.24) is 5.32 Å². The van der Waals surface area contributed by atoms with Gasteiger partial charge in [0.25, 0.3) is 0 Å². The van der Waals surface area contributed by atoms with Gasteiger partial charge < -0.3 is 5.32 Å². The highest BCUT2D eigenvalue weighted by Gasteiger charge is 2.19. The molecule has 0 saturated heterocycles. The quantitative estimate of drug-likeness (QED) is 0.763. The molecule has 19 heavy (non-hydrogen) atoms. The number of rotatable bonds is 5. The molecule has 0 heterocycles. The van der Waals surface area contributed by atoms with E-state index < -0.39 is 0 Å². The average molecular weight is 300 g/mol. The lowest BCUT2D eigenvalue weighted by molar-refractivity contribution is 0.277. The number of nitrogens with one attached hydrogen (secondary N) is 1. The first-order valence-corrected chi connectivity index (χ1v) is 8.11. The Balaban J connectivity index is 1.77. The van der Waals surface area contributed by atoms with Crippen molar-refractivity contribution in [2.45, 2.75) is 58.0 Å². The van der Waals surface area contributed by atoms with E-state index in [-0.39, 0.29) is 0 Å². The lowest BCUT2D eigenvalue weighted by atomic mass is 9.83. The Morgan fingerprint density at radius 3 is 2.26 bits per heavy atom. The van der Waals surface area contributed by atoms with Crippen LogP contribution < -0.4 is 5.32 Å². The first-order valence-electron chi connectivity index (χ1n) is 7.35. The third kappa shape index (κ3) is 4.98. The van der Waals surface area contributed by atoms with Crippen molar-refractivity contribution in [2.75, 3.05) is 0 Å². The molecule has 1 fully saturated rings. The highest BCUT2D eigenvalue weighted by atomic mass is 35.5. The molecule has 1 saturated carbocycles. The van der Waals surface area contributed by atoms with E-state index >= 15 is 0 Å². The van der Waals surface area contributed by atoms with Gasteiger partial charge in [-0.25, -0.2) is 0 Å². The van der Waals surface area contributed by atoms with Crippen molar-refractivity contribution in [3.05, 3.63) is 33.8 Å². The zero-order valence-electron chi connectivity index (χ0n) is 11.6. The van der Waals surface area contributed by atoms with Gasteiger partial charge in [-0.2, -0.15) is 0 Å². The summed E-state index contributed by atoms with van der Waals surface area (Å²) in [6, 6.07) is 6.42. The van der Waals surface area contributed by atoms with Crippen molar-refractivity contribution >= 4 is 23.2 Å². The zero-order valence-corrected chi connectivity index (χ0v) is 13.1. The SMILES string of the molecule is CCCC1CCC(NCc2cc(Cl)cc(Cl)c2)CC1. The maximum absolute atomic E-state index is 6.01. The summed E-state index contributed by atoms with van der Waals surface area (Å²) in [5.41, 5.74) is 1.17. The molecule has 0 amide bonds. The van der Waals surface area contributed by atoms with E-state index in [4.69, 9.17) is 23.2 Å². The highest BCUT2D eigenvalue weighted by molar-refractivity contribution is 6.34. The van der Waals surface area contributed by atoms with Gasteiger partial charge in [-0.3, -0.25) is 0 Å². The van der Waals surface area contributed by atoms with Gasteiger partial charge in [-0.15, -0.1) is 0 Å². The van der Waals surface area contributed by atoms with Crippen LogP contribution in [0.2, 0.25) is 10.0 Å². The summed E-state index contributed by atoms with van der Waals surface area (Å²) in [7, 11) is 0. The van der Waals surface area contributed by atoms with Gasteiger partial charge in [-0.05, 0) is 55.4 Å². The Bertz CT molecular complexity index is 377. The molecule has 0 unspecified atom stereocenters. The van der Waals surface area contributed by atoms with Crippen LogP contribution in [0.15, 0.2) is 18.2 Å². The second kappa shape index (κ2) is 7.52. The molecule has 0 radical (unpaired) electrons. The average Bonchev–Trinajstić information content (AvgIpc) is 2.37. The van der Waals surface area contributed by atoms with Crippen molar-refractivity contribution in [3.8, 4) is 0 Å². The van der Waals surface area contributed by atoms with Crippen LogP contribution in [0.3, 0.4) is 0 Å². The minimum atomic E-state index is 0.658. The van der Waals surface area contributed by atoms with E-state index in [1.54, 1.807) is 6.07 Å². The third-order valence-electron chi connectivity index (χ3n) is 4.06. The molecule has 3 heteroatoms. The van der Waals surface area contributed by atoms with Crippen LogP contribution in [0.1, 0.15) is 51.0 Å². The van der Waals surface area contributed by atoms with Gasteiger partial charge in [0.05, 0.1) is 0 Å². The molecule has 1 aromatic carbocycles. The Labute approximate surface area is 126 Å². The summed E-state index contributed by atoms with van der Waals surface area (Å²) < 4.78 is 0. The summed E-state index contributed by atoms with van der Waals surface area (Å²) >= 11 is 12.0. The van der Waals surface area contributed by atoms with Crippen LogP contribution in [-0.4, -0.2) is 6.04 Å². The monoisotopic (exact) mass is 299 g/mol. The summed E-state index contributed by atoms with van der Waals surface area (Å²) in [5, 5.41) is 5.07. The van der Waals surface area contributed by atoms with Crippen LogP contribution in [0, 0.1) is 5.92 Å². The maximum atomic E-state index is 6.01. The summed E-state index contributed by atoms with van der Waals surface area (Å²) in [4.78, 5) is 0. The Kier molecular flexibility index (Phi) is 6.00.